The zero-order valence-electron chi connectivity index (χ0n) is 13.8. The van der Waals surface area contributed by atoms with Crippen molar-refractivity contribution in [2.75, 3.05) is 7.11 Å². The van der Waals surface area contributed by atoms with Crippen LogP contribution in [0.5, 0.6) is 0 Å². The largest absolute Gasteiger partial charge is 0.469 e. The summed E-state index contributed by atoms with van der Waals surface area (Å²) in [6, 6.07) is 3.56. The van der Waals surface area contributed by atoms with E-state index >= 15 is 0 Å². The van der Waals surface area contributed by atoms with Gasteiger partial charge in [-0.15, -0.1) is 0 Å². The Morgan fingerprint density at radius 1 is 1.32 bits per heavy atom. The molecule has 0 aliphatic rings. The van der Waals surface area contributed by atoms with Gasteiger partial charge in [0.25, 0.3) is 0 Å². The Labute approximate surface area is 132 Å². The standard InChI is InChI=1S/C19H22O3/c1-18(2,15-19(3,4)17(20)21-5)13-9-7-6-8-11-16-12-10-14-22-16/h9-10,12-14H,15H2,1-5H3/b13-9-. The van der Waals surface area contributed by atoms with E-state index in [2.05, 4.69) is 37.5 Å². The molecule has 0 amide bonds. The molecule has 1 heterocycles. The van der Waals surface area contributed by atoms with Crippen molar-refractivity contribution >= 4 is 5.97 Å². The van der Waals surface area contributed by atoms with Crippen LogP contribution in [0.3, 0.4) is 0 Å². The van der Waals surface area contributed by atoms with Crippen molar-refractivity contribution in [2.24, 2.45) is 10.8 Å². The number of methoxy groups -OCH3 is 1. The minimum atomic E-state index is -0.533. The molecule has 0 atom stereocenters. The molecule has 0 N–H and O–H groups in total. The van der Waals surface area contributed by atoms with E-state index in [0.717, 1.165) is 0 Å². The molecule has 3 nitrogen and oxygen atoms in total. The fourth-order valence-electron chi connectivity index (χ4n) is 2.33. The first-order valence-electron chi connectivity index (χ1n) is 7.08. The molecule has 0 radical (unpaired) electrons. The van der Waals surface area contributed by atoms with Crippen LogP contribution in [0.15, 0.2) is 35.0 Å². The average Bonchev–Trinajstić information content (AvgIpc) is 2.93. The number of ether oxygens (including phenoxy) is 1. The fraction of sp³-hybridized carbons (Fsp3) is 0.421. The predicted octanol–water partition coefficient (Wildman–Crippen LogP) is 3.81. The normalized spacial score (nSPS) is 11.3. The SMILES string of the molecule is COC(=O)C(C)(C)CC(C)(C)/C=C\C#CC#Cc1ccco1. The average molecular weight is 298 g/mol. The highest BCUT2D eigenvalue weighted by Gasteiger charge is 2.34. The minimum Gasteiger partial charge on any atom is -0.469 e. The van der Waals surface area contributed by atoms with E-state index < -0.39 is 5.41 Å². The van der Waals surface area contributed by atoms with Gasteiger partial charge in [-0.3, -0.25) is 4.79 Å². The zero-order chi connectivity index (χ0) is 16.6. The fourth-order valence-corrected chi connectivity index (χ4v) is 2.33. The minimum absolute atomic E-state index is 0.166. The van der Waals surface area contributed by atoms with Crippen LogP contribution in [0.4, 0.5) is 0 Å². The smallest absolute Gasteiger partial charge is 0.311 e. The Morgan fingerprint density at radius 3 is 2.64 bits per heavy atom. The number of carbonyl (C=O) groups is 1. The molecule has 0 fully saturated rings. The number of hydrogen-bond acceptors (Lipinski definition) is 3. The lowest BCUT2D eigenvalue weighted by Crippen LogP contribution is -2.30. The molecule has 0 aliphatic heterocycles. The first-order chi connectivity index (χ1) is 10.3. The maximum absolute atomic E-state index is 11.7. The number of carbonyl (C=O) groups excluding carboxylic acids is 1. The second kappa shape index (κ2) is 7.57. The van der Waals surface area contributed by atoms with E-state index in [1.807, 2.05) is 19.9 Å². The molecule has 1 rings (SSSR count). The summed E-state index contributed by atoms with van der Waals surface area (Å²) in [5.41, 5.74) is -0.698. The van der Waals surface area contributed by atoms with Crippen LogP contribution in [0.25, 0.3) is 0 Å². The molecule has 0 aliphatic carbocycles. The molecular formula is C19H22O3. The Hall–Kier alpha value is -2.39. The van der Waals surface area contributed by atoms with Crippen LogP contribution >= 0.6 is 0 Å². The van der Waals surface area contributed by atoms with Gasteiger partial charge >= 0.3 is 5.97 Å². The molecule has 0 unspecified atom stereocenters. The second-order valence-corrected chi connectivity index (χ2v) is 6.37. The van der Waals surface area contributed by atoms with E-state index in [9.17, 15) is 4.79 Å². The lowest BCUT2D eigenvalue weighted by Gasteiger charge is -2.30. The molecule has 0 spiro atoms. The molecule has 1 aromatic rings. The topological polar surface area (TPSA) is 39.4 Å². The summed E-state index contributed by atoms with van der Waals surface area (Å²) in [5, 5.41) is 0. The van der Waals surface area contributed by atoms with E-state index in [1.54, 1.807) is 24.5 Å². The summed E-state index contributed by atoms with van der Waals surface area (Å²) in [4.78, 5) is 11.7. The van der Waals surface area contributed by atoms with Crippen molar-refractivity contribution in [3.63, 3.8) is 0 Å². The molecule has 3 heteroatoms. The molecule has 0 saturated carbocycles. The highest BCUT2D eigenvalue weighted by atomic mass is 16.5. The van der Waals surface area contributed by atoms with Gasteiger partial charge in [0.1, 0.15) is 0 Å². The first kappa shape index (κ1) is 17.7. The Morgan fingerprint density at radius 2 is 2.05 bits per heavy atom. The third-order valence-corrected chi connectivity index (χ3v) is 3.09. The van der Waals surface area contributed by atoms with E-state index in [4.69, 9.17) is 9.15 Å². The summed E-state index contributed by atoms with van der Waals surface area (Å²) < 4.78 is 9.91. The number of rotatable bonds is 4. The van der Waals surface area contributed by atoms with Crippen molar-refractivity contribution in [1.82, 2.24) is 0 Å². The molecule has 0 aromatic carbocycles. The number of allylic oxidation sites excluding steroid dienone is 2. The highest BCUT2D eigenvalue weighted by Crippen LogP contribution is 2.35. The van der Waals surface area contributed by atoms with Crippen molar-refractivity contribution in [3.05, 3.63) is 36.3 Å². The van der Waals surface area contributed by atoms with Gasteiger partial charge in [0.15, 0.2) is 5.76 Å². The van der Waals surface area contributed by atoms with Crippen molar-refractivity contribution in [2.45, 2.75) is 34.1 Å². The highest BCUT2D eigenvalue weighted by molar-refractivity contribution is 5.75. The maximum Gasteiger partial charge on any atom is 0.311 e. The summed E-state index contributed by atoms with van der Waals surface area (Å²) >= 11 is 0. The summed E-state index contributed by atoms with van der Waals surface area (Å²) in [5.74, 6) is 11.5. The van der Waals surface area contributed by atoms with Crippen LogP contribution in [0.1, 0.15) is 39.9 Å². The van der Waals surface area contributed by atoms with Gasteiger partial charge in [-0.05, 0) is 61.7 Å². The van der Waals surface area contributed by atoms with Crippen molar-refractivity contribution in [3.8, 4) is 23.7 Å². The van der Waals surface area contributed by atoms with Crippen LogP contribution in [0, 0.1) is 34.5 Å². The molecule has 1 aromatic heterocycles. The van der Waals surface area contributed by atoms with Crippen LogP contribution in [-0.2, 0) is 9.53 Å². The molecule has 0 saturated heterocycles. The monoisotopic (exact) mass is 298 g/mol. The van der Waals surface area contributed by atoms with Gasteiger partial charge in [0.05, 0.1) is 18.8 Å². The molecule has 116 valence electrons. The second-order valence-electron chi connectivity index (χ2n) is 6.37. The van der Waals surface area contributed by atoms with Crippen LogP contribution in [-0.4, -0.2) is 13.1 Å². The molecule has 22 heavy (non-hydrogen) atoms. The van der Waals surface area contributed by atoms with Gasteiger partial charge < -0.3 is 9.15 Å². The number of furan rings is 1. The van der Waals surface area contributed by atoms with Gasteiger partial charge in [-0.25, -0.2) is 0 Å². The maximum atomic E-state index is 11.7. The van der Waals surface area contributed by atoms with E-state index in [-0.39, 0.29) is 11.4 Å². The predicted molar refractivity (Wildman–Crippen MR) is 86.7 cm³/mol. The number of hydrogen-bond donors (Lipinski definition) is 0. The lowest BCUT2D eigenvalue weighted by molar-refractivity contribution is -0.152. The third-order valence-electron chi connectivity index (χ3n) is 3.09. The lowest BCUT2D eigenvalue weighted by atomic mass is 9.75. The first-order valence-corrected chi connectivity index (χ1v) is 7.08. The van der Waals surface area contributed by atoms with Gasteiger partial charge in [0, 0.05) is 0 Å². The van der Waals surface area contributed by atoms with E-state index in [1.165, 1.54) is 7.11 Å². The van der Waals surface area contributed by atoms with Gasteiger partial charge in [-0.2, -0.15) is 0 Å². The third kappa shape index (κ3) is 5.94. The summed E-state index contributed by atoms with van der Waals surface area (Å²) in [6.07, 6.45) is 6.00. The van der Waals surface area contributed by atoms with Gasteiger partial charge in [-0.1, -0.05) is 25.8 Å². The molecular weight excluding hydrogens is 276 g/mol. The van der Waals surface area contributed by atoms with Crippen LogP contribution < -0.4 is 0 Å². The van der Waals surface area contributed by atoms with Crippen molar-refractivity contribution < 1.29 is 13.9 Å². The number of esters is 1. The van der Waals surface area contributed by atoms with E-state index in [0.29, 0.717) is 12.2 Å². The summed E-state index contributed by atoms with van der Waals surface area (Å²) in [6.45, 7) is 7.89. The Kier molecular flexibility index (Phi) is 6.08. The summed E-state index contributed by atoms with van der Waals surface area (Å²) in [7, 11) is 1.41. The van der Waals surface area contributed by atoms with Gasteiger partial charge in [0.2, 0.25) is 0 Å². The Balaban J connectivity index is 2.63. The Bertz CT molecular complexity index is 638. The van der Waals surface area contributed by atoms with Crippen LogP contribution in [0.2, 0.25) is 0 Å². The van der Waals surface area contributed by atoms with Crippen molar-refractivity contribution in [1.29, 1.82) is 0 Å². The molecule has 0 bridgehead atoms. The zero-order valence-corrected chi connectivity index (χ0v) is 13.8. The quantitative estimate of drug-likeness (QED) is 0.627.